The van der Waals surface area contributed by atoms with E-state index in [4.69, 9.17) is 16.3 Å². The molecule has 5 nitrogen and oxygen atoms in total. The minimum absolute atomic E-state index is 0.0300. The Balaban J connectivity index is 2.05. The van der Waals surface area contributed by atoms with Crippen LogP contribution in [0.15, 0.2) is 68.9 Å². The number of carbonyl (C=O) groups excluding carboxylic acids is 1. The summed E-state index contributed by atoms with van der Waals surface area (Å²) >= 11 is 5.94. The second-order valence-electron chi connectivity index (χ2n) is 5.22. The Morgan fingerprint density at radius 2 is 1.68 bits per heavy atom. The van der Waals surface area contributed by atoms with Gasteiger partial charge in [0, 0.05) is 11.1 Å². The van der Waals surface area contributed by atoms with Gasteiger partial charge in [-0.05, 0) is 37.3 Å². The third kappa shape index (κ3) is 3.50. The number of nitrogens with zero attached hydrogens (tertiary/aromatic N) is 1. The van der Waals surface area contributed by atoms with E-state index in [0.717, 1.165) is 0 Å². The number of benzene rings is 2. The Morgan fingerprint density at radius 3 is 2.32 bits per heavy atom. The maximum atomic E-state index is 12.6. The molecule has 0 amide bonds. The lowest BCUT2D eigenvalue weighted by atomic mass is 9.94. The molecule has 1 aliphatic rings. The number of ketones is 1. The zero-order valence-corrected chi connectivity index (χ0v) is 14.8. The monoisotopic (exact) mass is 375 g/mol. The van der Waals surface area contributed by atoms with Crippen molar-refractivity contribution in [3.63, 3.8) is 0 Å². The molecule has 0 spiro atoms. The van der Waals surface area contributed by atoms with Gasteiger partial charge in [-0.25, -0.2) is 0 Å². The van der Waals surface area contributed by atoms with Crippen molar-refractivity contribution in [2.75, 3.05) is 6.61 Å². The topological polar surface area (TPSA) is 72.8 Å². The van der Waals surface area contributed by atoms with Crippen LogP contribution in [0.4, 0.5) is 0 Å². The first-order chi connectivity index (χ1) is 11.9. The molecule has 1 aliphatic carbocycles. The number of Topliss-reactive ketones (excluding diaryl/α,β-unsaturated/α-hetero) is 1. The first-order valence-electron chi connectivity index (χ1n) is 7.51. The van der Waals surface area contributed by atoms with E-state index in [1.807, 2.05) is 6.92 Å². The predicted octanol–water partition coefficient (Wildman–Crippen LogP) is 3.58. The van der Waals surface area contributed by atoms with E-state index in [1.165, 1.54) is 18.2 Å². The Hall–Kier alpha value is -2.44. The van der Waals surface area contributed by atoms with Crippen LogP contribution in [0, 0.1) is 0 Å². The van der Waals surface area contributed by atoms with E-state index in [-0.39, 0.29) is 21.4 Å². The van der Waals surface area contributed by atoms with Crippen LogP contribution in [-0.2, 0) is 10.0 Å². The van der Waals surface area contributed by atoms with Crippen LogP contribution in [-0.4, -0.2) is 26.5 Å². The van der Waals surface area contributed by atoms with Gasteiger partial charge < -0.3 is 4.74 Å². The number of carbonyl (C=O) groups is 1. The molecule has 0 N–H and O–H groups in total. The van der Waals surface area contributed by atoms with E-state index in [2.05, 4.69) is 4.40 Å². The number of rotatable bonds is 4. The molecule has 3 rings (SSSR count). The normalized spacial score (nSPS) is 15.7. The fraction of sp³-hybridized carbons (Fsp3) is 0.111. The minimum Gasteiger partial charge on any atom is -0.494 e. The third-order valence-electron chi connectivity index (χ3n) is 3.58. The van der Waals surface area contributed by atoms with E-state index in [1.54, 1.807) is 36.4 Å². The van der Waals surface area contributed by atoms with Gasteiger partial charge in [-0.2, -0.15) is 12.8 Å². The van der Waals surface area contributed by atoms with Gasteiger partial charge in [0.25, 0.3) is 10.0 Å². The summed E-state index contributed by atoms with van der Waals surface area (Å²) in [6, 6.07) is 12.6. The number of hydrogen-bond donors (Lipinski definition) is 0. The van der Waals surface area contributed by atoms with Gasteiger partial charge in [-0.1, -0.05) is 35.9 Å². The van der Waals surface area contributed by atoms with Crippen molar-refractivity contribution < 1.29 is 17.9 Å². The maximum Gasteiger partial charge on any atom is 0.282 e. The second kappa shape index (κ2) is 6.82. The van der Waals surface area contributed by atoms with E-state index >= 15 is 0 Å². The molecule has 0 aromatic heterocycles. The fourth-order valence-corrected chi connectivity index (χ4v) is 3.63. The number of ether oxygens (including phenoxy) is 1. The summed E-state index contributed by atoms with van der Waals surface area (Å²) in [6.45, 7) is 2.33. The lowest BCUT2D eigenvalue weighted by molar-refractivity contribution is 0.104. The van der Waals surface area contributed by atoms with Crippen molar-refractivity contribution in [3.05, 3.63) is 70.8 Å². The molecular weight excluding hydrogens is 362 g/mol. The molecule has 128 valence electrons. The van der Waals surface area contributed by atoms with Crippen molar-refractivity contribution in [2.24, 2.45) is 4.40 Å². The standard InChI is InChI=1S/C18H14ClNO4S/c1-2-24-12-7-9-13(10-8-12)25(22,23)20-17-11-16(19)18(21)15-6-4-3-5-14(15)17/h3-11H,2H2,1H3/b20-17-. The SMILES string of the molecule is CCOc1ccc(S(=O)(=O)/N=C2/C=C(Cl)C(=O)c3ccccc32)cc1. The molecule has 2 aromatic carbocycles. The predicted molar refractivity (Wildman–Crippen MR) is 96.0 cm³/mol. The first kappa shape index (κ1) is 17.4. The van der Waals surface area contributed by atoms with Gasteiger partial charge >= 0.3 is 0 Å². The summed E-state index contributed by atoms with van der Waals surface area (Å²) in [4.78, 5) is 12.1. The summed E-state index contributed by atoms with van der Waals surface area (Å²) in [5.41, 5.74) is 0.899. The van der Waals surface area contributed by atoms with Crippen LogP contribution < -0.4 is 4.74 Å². The summed E-state index contributed by atoms with van der Waals surface area (Å²) < 4.78 is 34.3. The molecular formula is C18H14ClNO4S. The Labute approximate surface area is 150 Å². The number of allylic oxidation sites excluding steroid dienone is 2. The summed E-state index contributed by atoms with van der Waals surface area (Å²) in [6.07, 6.45) is 1.28. The van der Waals surface area contributed by atoms with Gasteiger partial charge in [0.2, 0.25) is 5.78 Å². The van der Waals surface area contributed by atoms with Crippen molar-refractivity contribution >= 4 is 33.1 Å². The Kier molecular flexibility index (Phi) is 4.74. The zero-order chi connectivity index (χ0) is 18.0. The zero-order valence-electron chi connectivity index (χ0n) is 13.3. The molecule has 0 fully saturated rings. The van der Waals surface area contributed by atoms with Crippen LogP contribution in [0.2, 0.25) is 0 Å². The molecule has 7 heteroatoms. The molecule has 0 bridgehead atoms. The van der Waals surface area contributed by atoms with Gasteiger partial charge in [0.05, 0.1) is 22.2 Å². The fourth-order valence-electron chi connectivity index (χ4n) is 2.43. The molecule has 0 aliphatic heterocycles. The number of sulfonamides is 1. The molecule has 0 radical (unpaired) electrons. The minimum atomic E-state index is -3.96. The number of fused-ring (bicyclic) bond motifs is 1. The van der Waals surface area contributed by atoms with Crippen molar-refractivity contribution in [1.82, 2.24) is 0 Å². The lowest BCUT2D eigenvalue weighted by Gasteiger charge is -2.14. The largest absolute Gasteiger partial charge is 0.494 e. The Bertz CT molecular complexity index is 992. The van der Waals surface area contributed by atoms with E-state index in [0.29, 0.717) is 23.5 Å². The molecule has 0 atom stereocenters. The van der Waals surface area contributed by atoms with Crippen LogP contribution >= 0.6 is 11.6 Å². The average Bonchev–Trinajstić information content (AvgIpc) is 2.60. The highest BCUT2D eigenvalue weighted by Crippen LogP contribution is 2.26. The maximum absolute atomic E-state index is 12.6. The van der Waals surface area contributed by atoms with E-state index < -0.39 is 10.0 Å². The van der Waals surface area contributed by atoms with Crippen LogP contribution in [0.5, 0.6) is 5.75 Å². The van der Waals surface area contributed by atoms with Crippen LogP contribution in [0.1, 0.15) is 22.8 Å². The molecule has 2 aromatic rings. The molecule has 0 unspecified atom stereocenters. The molecule has 0 saturated heterocycles. The third-order valence-corrected chi connectivity index (χ3v) is 5.16. The summed E-state index contributed by atoms with van der Waals surface area (Å²) in [5.74, 6) is 0.223. The van der Waals surface area contributed by atoms with Crippen LogP contribution in [0.3, 0.4) is 0 Å². The quantitative estimate of drug-likeness (QED) is 0.818. The van der Waals surface area contributed by atoms with Crippen molar-refractivity contribution in [1.29, 1.82) is 0 Å². The van der Waals surface area contributed by atoms with Crippen molar-refractivity contribution in [3.8, 4) is 5.75 Å². The summed E-state index contributed by atoms with van der Waals surface area (Å²) in [7, 11) is -3.96. The highest BCUT2D eigenvalue weighted by Gasteiger charge is 2.25. The number of halogens is 1. The van der Waals surface area contributed by atoms with Gasteiger partial charge in [-0.3, -0.25) is 4.79 Å². The highest BCUT2D eigenvalue weighted by molar-refractivity contribution is 7.90. The summed E-state index contributed by atoms with van der Waals surface area (Å²) in [5, 5.41) is -0.0701. The lowest BCUT2D eigenvalue weighted by Crippen LogP contribution is -2.16. The molecule has 25 heavy (non-hydrogen) atoms. The smallest absolute Gasteiger partial charge is 0.282 e. The molecule has 0 saturated carbocycles. The van der Waals surface area contributed by atoms with Crippen LogP contribution in [0.25, 0.3) is 0 Å². The molecule has 0 heterocycles. The van der Waals surface area contributed by atoms with E-state index in [9.17, 15) is 13.2 Å². The highest BCUT2D eigenvalue weighted by atomic mass is 35.5. The number of hydrogen-bond acceptors (Lipinski definition) is 4. The van der Waals surface area contributed by atoms with Gasteiger partial charge in [0.1, 0.15) is 5.75 Å². The second-order valence-corrected chi connectivity index (χ2v) is 7.23. The van der Waals surface area contributed by atoms with Crippen molar-refractivity contribution in [2.45, 2.75) is 11.8 Å². The first-order valence-corrected chi connectivity index (χ1v) is 9.33. The Morgan fingerprint density at radius 1 is 1.04 bits per heavy atom. The average molecular weight is 376 g/mol. The van der Waals surface area contributed by atoms with Gasteiger partial charge in [0.15, 0.2) is 0 Å². The van der Waals surface area contributed by atoms with Gasteiger partial charge in [-0.15, -0.1) is 0 Å².